The highest BCUT2D eigenvalue weighted by Gasteiger charge is 2.47. The molecule has 1 aromatic heterocycles. The van der Waals surface area contributed by atoms with Crippen molar-refractivity contribution in [2.45, 2.75) is 153 Å². The lowest BCUT2D eigenvalue weighted by Gasteiger charge is -2.39. The third-order valence-electron chi connectivity index (χ3n) is 13.0. The molecule has 0 spiro atoms. The largest absolute Gasteiger partial charge is 0.445 e. The minimum atomic E-state index is -1.37. The highest BCUT2D eigenvalue weighted by Crippen LogP contribution is 2.37. The van der Waals surface area contributed by atoms with Crippen molar-refractivity contribution in [3.8, 4) is 0 Å². The Hall–Kier alpha value is -5.39. The van der Waals surface area contributed by atoms with Gasteiger partial charge in [-0.25, -0.2) is 9.48 Å². The number of primary amides is 1. The van der Waals surface area contributed by atoms with Gasteiger partial charge in [-0.2, -0.15) is 0 Å². The number of fused-ring (bicyclic) bond motifs is 1. The minimum absolute atomic E-state index is 0.0135. The molecule has 6 rings (SSSR count). The van der Waals surface area contributed by atoms with Crippen LogP contribution in [-0.2, 0) is 45.7 Å². The van der Waals surface area contributed by atoms with Crippen LogP contribution in [0.15, 0.2) is 36.5 Å². The molecule has 1 aromatic carbocycles. The van der Waals surface area contributed by atoms with Crippen LogP contribution in [-0.4, -0.2) is 104 Å². The maximum Gasteiger partial charge on any atom is 0.407 e. The van der Waals surface area contributed by atoms with Crippen LogP contribution < -0.4 is 27.0 Å². The predicted molar refractivity (Wildman–Crippen MR) is 224 cm³/mol. The van der Waals surface area contributed by atoms with Gasteiger partial charge in [0.25, 0.3) is 5.91 Å². The number of piperidine rings is 1. The van der Waals surface area contributed by atoms with Crippen LogP contribution in [0.1, 0.15) is 127 Å². The van der Waals surface area contributed by atoms with Gasteiger partial charge in [-0.3, -0.25) is 28.8 Å². The molecule has 2 saturated carbocycles. The van der Waals surface area contributed by atoms with Gasteiger partial charge in [0, 0.05) is 25.4 Å². The van der Waals surface area contributed by atoms with Crippen LogP contribution >= 0.6 is 0 Å². The van der Waals surface area contributed by atoms with E-state index >= 15 is 0 Å². The number of likely N-dealkylation sites (tertiary alicyclic amines) is 1. The topological polar surface area (TPSA) is 257 Å². The molecule has 4 unspecified atom stereocenters. The summed E-state index contributed by atoms with van der Waals surface area (Å²) in [5.74, 6) is -3.93. The molecule has 0 bridgehead atoms. The second-order valence-electron chi connectivity index (χ2n) is 18.0. The summed E-state index contributed by atoms with van der Waals surface area (Å²) < 4.78 is 6.73. The van der Waals surface area contributed by atoms with Crippen molar-refractivity contribution in [1.29, 1.82) is 0 Å². The number of carbonyl (C=O) groups excluding carboxylic acids is 7. The third kappa shape index (κ3) is 11.9. The Kier molecular flexibility index (Phi) is 15.7. The van der Waals surface area contributed by atoms with E-state index in [2.05, 4.69) is 31.6 Å². The Balaban J connectivity index is 1.18. The van der Waals surface area contributed by atoms with Gasteiger partial charge in [-0.05, 0) is 76.2 Å². The van der Waals surface area contributed by atoms with Gasteiger partial charge in [-0.15, -0.1) is 5.10 Å². The number of aliphatic hydroxyl groups is 1. The zero-order chi connectivity index (χ0) is 44.4. The van der Waals surface area contributed by atoms with Gasteiger partial charge < -0.3 is 41.7 Å². The highest BCUT2D eigenvalue weighted by molar-refractivity contribution is 6.37. The number of nitrogens with zero attached hydrogens (tertiary/aromatic N) is 4. The van der Waals surface area contributed by atoms with Crippen LogP contribution in [0.5, 0.6) is 0 Å². The molecule has 7 atom stereocenters. The molecule has 18 heteroatoms. The molecule has 338 valence electrons. The SMILES string of the molecule is CC(C)(O)c1cnnn1[C@H]1C[C@@H](C(=O)NC(CCCCNC(=O)OCc2ccccc2)C(=O)C(N)=O)N(C(=O)[C@@H](CC2CCCCC2)NC(=O)C2CC3CCCCC3C(=O)N2)C1. The Morgan fingerprint density at radius 2 is 1.65 bits per heavy atom. The molecular weight excluding hydrogens is 799 g/mol. The normalized spacial score (nSPS) is 23.9. The maximum atomic E-state index is 15.0. The Morgan fingerprint density at radius 1 is 0.935 bits per heavy atom. The second-order valence-corrected chi connectivity index (χ2v) is 18.0. The maximum absolute atomic E-state index is 15.0. The molecule has 0 radical (unpaired) electrons. The summed E-state index contributed by atoms with van der Waals surface area (Å²) in [4.78, 5) is 95.5. The number of nitrogens with two attached hydrogens (primary N) is 1. The second kappa shape index (κ2) is 21.1. The number of carbonyl (C=O) groups is 7. The van der Waals surface area contributed by atoms with E-state index in [0.29, 0.717) is 31.4 Å². The fourth-order valence-corrected chi connectivity index (χ4v) is 9.68. The number of aromatic nitrogens is 3. The van der Waals surface area contributed by atoms with E-state index in [1.807, 2.05) is 30.3 Å². The molecule has 4 aliphatic rings. The van der Waals surface area contributed by atoms with Crippen molar-refractivity contribution >= 4 is 41.4 Å². The van der Waals surface area contributed by atoms with Gasteiger partial charge in [0.1, 0.15) is 30.3 Å². The number of hydrogen-bond donors (Lipinski definition) is 6. The number of amides is 6. The number of benzene rings is 1. The van der Waals surface area contributed by atoms with Crippen LogP contribution in [0.4, 0.5) is 4.79 Å². The molecule has 62 heavy (non-hydrogen) atoms. The van der Waals surface area contributed by atoms with E-state index in [-0.39, 0.29) is 56.2 Å². The summed E-state index contributed by atoms with van der Waals surface area (Å²) in [5.41, 5.74) is 5.25. The van der Waals surface area contributed by atoms with Gasteiger partial charge in [0.05, 0.1) is 24.0 Å². The number of Topliss-reactive ketones (excluding diaryl/α,β-unsaturated/α-hetero) is 1. The molecule has 3 heterocycles. The predicted octanol–water partition coefficient (Wildman–Crippen LogP) is 2.43. The average molecular weight is 862 g/mol. The van der Waals surface area contributed by atoms with E-state index < -0.39 is 71.3 Å². The summed E-state index contributed by atoms with van der Waals surface area (Å²) in [7, 11) is 0. The first-order valence-electron chi connectivity index (χ1n) is 22.3. The van der Waals surface area contributed by atoms with E-state index in [4.69, 9.17) is 10.5 Å². The lowest BCUT2D eigenvalue weighted by atomic mass is 9.73. The van der Waals surface area contributed by atoms with Crippen LogP contribution in [0.25, 0.3) is 0 Å². The van der Waals surface area contributed by atoms with Gasteiger partial charge in [-0.1, -0.05) is 80.5 Å². The van der Waals surface area contributed by atoms with Crippen molar-refractivity contribution in [3.63, 3.8) is 0 Å². The standard InChI is InChI=1S/C44H63N9O9/c1-44(2,61)36-24-47-51-53(36)30-23-35(41(58)48-32(37(54)38(45)55)19-11-12-20-46-43(60)62-26-28-15-7-4-8-16-28)52(25-30)42(59)34(21-27-13-5-3-6-14-27)50-40(57)33-22-29-17-9-10-18-31(29)39(56)49-33/h4,7-8,15-16,24,27,29-35,61H,3,5-6,9-14,17-23,25-26H2,1-2H3,(H2,45,55)(H,46,60)(H,48,58)(H,49,56)(H,50,57)/t29?,30-,31?,32?,33?,34+,35-/m0/s1. The number of nitrogens with one attached hydrogen (secondary N) is 4. The zero-order valence-corrected chi connectivity index (χ0v) is 35.9. The number of ether oxygens (including phenoxy) is 1. The Labute approximate surface area is 362 Å². The Bertz CT molecular complexity index is 1910. The third-order valence-corrected chi connectivity index (χ3v) is 13.0. The van der Waals surface area contributed by atoms with E-state index in [0.717, 1.165) is 63.4 Å². The minimum Gasteiger partial charge on any atom is -0.445 e. The monoisotopic (exact) mass is 861 g/mol. The average Bonchev–Trinajstić information content (AvgIpc) is 3.94. The summed E-state index contributed by atoms with van der Waals surface area (Å²) in [5, 5.41) is 30.5. The van der Waals surface area contributed by atoms with E-state index in [1.165, 1.54) is 15.8 Å². The molecule has 4 fully saturated rings. The molecular formula is C44H63N9O9. The fraction of sp³-hybridized carbons (Fsp3) is 0.659. The first-order chi connectivity index (χ1) is 29.7. The molecule has 2 saturated heterocycles. The number of unbranched alkanes of at least 4 members (excludes halogenated alkanes) is 1. The van der Waals surface area contributed by atoms with Crippen molar-refractivity contribution < 1.29 is 43.4 Å². The van der Waals surface area contributed by atoms with Crippen LogP contribution in [0, 0.1) is 17.8 Å². The number of rotatable bonds is 18. The van der Waals surface area contributed by atoms with E-state index in [1.54, 1.807) is 13.8 Å². The van der Waals surface area contributed by atoms with Crippen molar-refractivity contribution in [2.24, 2.45) is 23.5 Å². The fourth-order valence-electron chi connectivity index (χ4n) is 9.68. The van der Waals surface area contributed by atoms with Crippen LogP contribution in [0.3, 0.4) is 0 Å². The first kappa shape index (κ1) is 46.1. The van der Waals surface area contributed by atoms with Gasteiger partial charge >= 0.3 is 6.09 Å². The molecule has 2 aliphatic carbocycles. The lowest BCUT2D eigenvalue weighted by Crippen LogP contribution is -2.60. The molecule has 6 amide bonds. The molecule has 7 N–H and O–H groups in total. The number of alkyl carbamates (subject to hydrolysis) is 1. The van der Waals surface area contributed by atoms with Gasteiger partial charge in [0.15, 0.2) is 0 Å². The summed E-state index contributed by atoms with van der Waals surface area (Å²) in [6.07, 6.45) is 10.8. The number of ketones is 1. The lowest BCUT2D eigenvalue weighted by molar-refractivity contribution is -0.144. The number of hydrogen-bond acceptors (Lipinski definition) is 11. The first-order valence-corrected chi connectivity index (χ1v) is 22.3. The quantitative estimate of drug-likeness (QED) is 0.0938. The zero-order valence-electron chi connectivity index (χ0n) is 35.9. The highest BCUT2D eigenvalue weighted by atomic mass is 16.5. The van der Waals surface area contributed by atoms with E-state index in [9.17, 15) is 38.7 Å². The van der Waals surface area contributed by atoms with Crippen LogP contribution in [0.2, 0.25) is 0 Å². The molecule has 2 aliphatic heterocycles. The molecule has 2 aromatic rings. The van der Waals surface area contributed by atoms with Crippen molar-refractivity contribution in [3.05, 3.63) is 47.8 Å². The van der Waals surface area contributed by atoms with Crippen molar-refractivity contribution in [1.82, 2.24) is 41.2 Å². The molecule has 18 nitrogen and oxygen atoms in total. The summed E-state index contributed by atoms with van der Waals surface area (Å²) in [6.45, 7) is 3.40. The summed E-state index contributed by atoms with van der Waals surface area (Å²) in [6, 6.07) is 4.23. The Morgan fingerprint density at radius 3 is 2.37 bits per heavy atom. The summed E-state index contributed by atoms with van der Waals surface area (Å²) >= 11 is 0. The van der Waals surface area contributed by atoms with Crippen molar-refractivity contribution in [2.75, 3.05) is 13.1 Å². The van der Waals surface area contributed by atoms with Gasteiger partial charge in [0.2, 0.25) is 29.4 Å². The smallest absolute Gasteiger partial charge is 0.407 e.